The molecule has 1 heterocycles. The Morgan fingerprint density at radius 1 is 1.12 bits per heavy atom. The maximum Gasteiger partial charge on any atom is 0.270 e. The number of ketones is 1. The second-order valence-electron chi connectivity index (χ2n) is 5.64. The summed E-state index contributed by atoms with van der Waals surface area (Å²) >= 11 is 0. The summed E-state index contributed by atoms with van der Waals surface area (Å²) < 4.78 is 7.01. The number of carbonyl (C=O) groups is 2. The van der Waals surface area contributed by atoms with Gasteiger partial charge in [-0.05, 0) is 50.2 Å². The van der Waals surface area contributed by atoms with Gasteiger partial charge in [-0.2, -0.15) is 0 Å². The highest BCUT2D eigenvalue weighted by atomic mass is 16.5. The molecule has 1 aromatic heterocycles. The molecule has 0 bridgehead atoms. The molecule has 1 aromatic carbocycles. The van der Waals surface area contributed by atoms with E-state index in [-0.39, 0.29) is 24.3 Å². The van der Waals surface area contributed by atoms with Gasteiger partial charge in [0.15, 0.2) is 12.4 Å². The third-order valence-electron chi connectivity index (χ3n) is 3.36. The summed E-state index contributed by atoms with van der Waals surface area (Å²) in [6.45, 7) is 5.63. The second-order valence-corrected chi connectivity index (χ2v) is 5.64. The van der Waals surface area contributed by atoms with Crippen LogP contribution < -0.4 is 10.2 Å². The van der Waals surface area contributed by atoms with E-state index in [4.69, 9.17) is 4.74 Å². The van der Waals surface area contributed by atoms with Gasteiger partial charge in [-0.25, -0.2) is 0 Å². The SMILES string of the molecule is CCC(=O)c1ccc(OCC(=O)n2ccccc2=NC(C)C)cc1. The summed E-state index contributed by atoms with van der Waals surface area (Å²) in [6, 6.07) is 12.3. The van der Waals surface area contributed by atoms with E-state index in [9.17, 15) is 9.59 Å². The minimum atomic E-state index is -0.205. The number of nitrogens with zero attached hydrogens (tertiary/aromatic N) is 2. The van der Waals surface area contributed by atoms with Crippen molar-refractivity contribution in [3.8, 4) is 5.75 Å². The topological polar surface area (TPSA) is 60.7 Å². The van der Waals surface area contributed by atoms with Gasteiger partial charge in [-0.1, -0.05) is 13.0 Å². The number of rotatable bonds is 6. The fourth-order valence-electron chi connectivity index (χ4n) is 2.17. The molecule has 0 saturated carbocycles. The molecule has 0 unspecified atom stereocenters. The molecule has 5 nitrogen and oxygen atoms in total. The van der Waals surface area contributed by atoms with Gasteiger partial charge < -0.3 is 4.74 Å². The number of Topliss-reactive ketones (excluding diaryl/α,β-unsaturated/α-hetero) is 1. The standard InChI is InChI=1S/C19H22N2O3/c1-4-17(22)15-8-10-16(11-9-15)24-13-19(23)21-12-6-5-7-18(21)20-14(2)3/h5-12,14H,4,13H2,1-3H3. The van der Waals surface area contributed by atoms with Gasteiger partial charge in [-0.3, -0.25) is 19.1 Å². The lowest BCUT2D eigenvalue weighted by molar-refractivity contribution is 0.0831. The summed E-state index contributed by atoms with van der Waals surface area (Å²) in [5.74, 6) is 0.427. The summed E-state index contributed by atoms with van der Waals surface area (Å²) in [5, 5.41) is 0. The number of aromatic nitrogens is 1. The zero-order valence-corrected chi connectivity index (χ0v) is 14.2. The van der Waals surface area contributed by atoms with Gasteiger partial charge in [0, 0.05) is 24.2 Å². The first-order chi connectivity index (χ1) is 11.5. The minimum absolute atomic E-state index is 0.0809. The predicted molar refractivity (Wildman–Crippen MR) is 92.3 cm³/mol. The maximum atomic E-state index is 12.4. The normalized spacial score (nSPS) is 11.6. The molecule has 0 aliphatic heterocycles. The molecule has 126 valence electrons. The monoisotopic (exact) mass is 326 g/mol. The highest BCUT2D eigenvalue weighted by molar-refractivity contribution is 5.95. The summed E-state index contributed by atoms with van der Waals surface area (Å²) in [7, 11) is 0. The van der Waals surface area contributed by atoms with Crippen LogP contribution in [-0.2, 0) is 0 Å². The average molecular weight is 326 g/mol. The largest absolute Gasteiger partial charge is 0.484 e. The Morgan fingerprint density at radius 2 is 1.83 bits per heavy atom. The minimum Gasteiger partial charge on any atom is -0.484 e. The van der Waals surface area contributed by atoms with E-state index in [1.807, 2.05) is 26.8 Å². The smallest absolute Gasteiger partial charge is 0.270 e. The molecule has 0 amide bonds. The molecule has 0 fully saturated rings. The second kappa shape index (κ2) is 8.24. The molecule has 0 saturated heterocycles. The van der Waals surface area contributed by atoms with Crippen molar-refractivity contribution in [3.63, 3.8) is 0 Å². The first-order valence-corrected chi connectivity index (χ1v) is 8.02. The molecule has 0 aliphatic carbocycles. The number of benzene rings is 1. The van der Waals surface area contributed by atoms with Crippen molar-refractivity contribution in [2.24, 2.45) is 4.99 Å². The number of pyridine rings is 1. The van der Waals surface area contributed by atoms with Crippen LogP contribution in [-0.4, -0.2) is 28.9 Å². The van der Waals surface area contributed by atoms with E-state index < -0.39 is 0 Å². The molecule has 0 radical (unpaired) electrons. The number of carbonyl (C=O) groups excluding carboxylic acids is 2. The fourth-order valence-corrected chi connectivity index (χ4v) is 2.17. The van der Waals surface area contributed by atoms with Crippen molar-refractivity contribution >= 4 is 11.7 Å². The summed E-state index contributed by atoms with van der Waals surface area (Å²) in [5.41, 5.74) is 1.25. The van der Waals surface area contributed by atoms with Crippen LogP contribution in [0, 0.1) is 0 Å². The predicted octanol–water partition coefficient (Wildman–Crippen LogP) is 3.11. The quantitative estimate of drug-likeness (QED) is 0.766. The maximum absolute atomic E-state index is 12.4. The van der Waals surface area contributed by atoms with Gasteiger partial charge in [-0.15, -0.1) is 0 Å². The number of ether oxygens (including phenoxy) is 1. The number of hydrogen-bond donors (Lipinski definition) is 0. The third-order valence-corrected chi connectivity index (χ3v) is 3.36. The van der Waals surface area contributed by atoms with Gasteiger partial charge in [0.25, 0.3) is 5.91 Å². The van der Waals surface area contributed by atoms with Crippen molar-refractivity contribution in [1.29, 1.82) is 0 Å². The lowest BCUT2D eigenvalue weighted by Crippen LogP contribution is -2.31. The molecule has 2 aromatic rings. The van der Waals surface area contributed by atoms with Crippen molar-refractivity contribution in [2.75, 3.05) is 6.61 Å². The van der Waals surface area contributed by atoms with Gasteiger partial charge in [0.2, 0.25) is 0 Å². The Bertz CT molecular complexity index is 774. The zero-order valence-electron chi connectivity index (χ0n) is 14.2. The Balaban J connectivity index is 2.08. The Hall–Kier alpha value is -2.69. The van der Waals surface area contributed by atoms with E-state index in [1.54, 1.807) is 42.6 Å². The highest BCUT2D eigenvalue weighted by Gasteiger charge is 2.08. The summed E-state index contributed by atoms with van der Waals surface area (Å²) in [6.07, 6.45) is 2.14. The van der Waals surface area contributed by atoms with Crippen LogP contribution >= 0.6 is 0 Å². The van der Waals surface area contributed by atoms with Crippen LogP contribution in [0.25, 0.3) is 0 Å². The van der Waals surface area contributed by atoms with Crippen LogP contribution in [0.15, 0.2) is 53.7 Å². The summed E-state index contributed by atoms with van der Waals surface area (Å²) in [4.78, 5) is 28.4. The van der Waals surface area contributed by atoms with Crippen molar-refractivity contribution in [1.82, 2.24) is 4.57 Å². The van der Waals surface area contributed by atoms with Crippen LogP contribution in [0.4, 0.5) is 0 Å². The molecule has 0 atom stereocenters. The van der Waals surface area contributed by atoms with E-state index >= 15 is 0 Å². The van der Waals surface area contributed by atoms with E-state index in [1.165, 1.54) is 4.57 Å². The molecule has 0 aliphatic rings. The van der Waals surface area contributed by atoms with Gasteiger partial charge in [0.05, 0.1) is 0 Å². The van der Waals surface area contributed by atoms with Gasteiger partial charge >= 0.3 is 0 Å². The van der Waals surface area contributed by atoms with Crippen LogP contribution in [0.2, 0.25) is 0 Å². The van der Waals surface area contributed by atoms with Crippen molar-refractivity contribution in [2.45, 2.75) is 33.2 Å². The molecule has 0 N–H and O–H groups in total. The van der Waals surface area contributed by atoms with Crippen molar-refractivity contribution in [3.05, 3.63) is 59.7 Å². The Morgan fingerprint density at radius 3 is 2.46 bits per heavy atom. The lowest BCUT2D eigenvalue weighted by Gasteiger charge is -2.09. The highest BCUT2D eigenvalue weighted by Crippen LogP contribution is 2.13. The van der Waals surface area contributed by atoms with Crippen LogP contribution in [0.5, 0.6) is 5.75 Å². The molecule has 0 spiro atoms. The Kier molecular flexibility index (Phi) is 6.07. The van der Waals surface area contributed by atoms with E-state index in [0.717, 1.165) is 0 Å². The number of hydrogen-bond acceptors (Lipinski definition) is 4. The molecule has 5 heteroatoms. The Labute approximate surface area is 141 Å². The third kappa shape index (κ3) is 4.65. The van der Waals surface area contributed by atoms with Gasteiger partial charge in [0.1, 0.15) is 11.2 Å². The molecule has 24 heavy (non-hydrogen) atoms. The first kappa shape index (κ1) is 17.7. The molecular weight excluding hydrogens is 304 g/mol. The fraction of sp³-hybridized carbons (Fsp3) is 0.316. The van der Waals surface area contributed by atoms with E-state index in [2.05, 4.69) is 4.99 Å². The van der Waals surface area contributed by atoms with Crippen LogP contribution in [0.1, 0.15) is 42.3 Å². The van der Waals surface area contributed by atoms with E-state index in [0.29, 0.717) is 23.2 Å². The average Bonchev–Trinajstić information content (AvgIpc) is 2.59. The van der Waals surface area contributed by atoms with Crippen molar-refractivity contribution < 1.29 is 14.3 Å². The lowest BCUT2D eigenvalue weighted by atomic mass is 10.1. The first-order valence-electron chi connectivity index (χ1n) is 8.02. The molecular formula is C19H22N2O3. The molecule has 2 rings (SSSR count). The van der Waals surface area contributed by atoms with Crippen LogP contribution in [0.3, 0.4) is 0 Å². The zero-order chi connectivity index (χ0) is 17.5.